The lowest BCUT2D eigenvalue weighted by Gasteiger charge is -2.06. The smallest absolute Gasteiger partial charge is 0.321 e. The highest BCUT2D eigenvalue weighted by Crippen LogP contribution is 2.18. The summed E-state index contributed by atoms with van der Waals surface area (Å²) in [6.07, 6.45) is 6.97. The first-order valence-corrected chi connectivity index (χ1v) is 7.60. The second-order valence-corrected chi connectivity index (χ2v) is 5.05. The number of benzene rings is 1. The average molecular weight is 285 g/mol. The van der Waals surface area contributed by atoms with Crippen LogP contribution in [0.3, 0.4) is 0 Å². The Morgan fingerprint density at radius 1 is 0.952 bits per heavy atom. The average Bonchev–Trinajstić information content (AvgIpc) is 2.51. The molecule has 0 aliphatic carbocycles. The van der Waals surface area contributed by atoms with Crippen LogP contribution in [0.1, 0.15) is 37.8 Å². The zero-order valence-corrected chi connectivity index (χ0v) is 12.8. The molecule has 112 valence electrons. The lowest BCUT2D eigenvalue weighted by Crippen LogP contribution is -2.14. The molecular formula is C17H23N3O. The van der Waals surface area contributed by atoms with Gasteiger partial charge in [-0.2, -0.15) is 0 Å². The largest absolute Gasteiger partial charge is 0.424 e. The fourth-order valence-electron chi connectivity index (χ4n) is 2.01. The first-order chi connectivity index (χ1) is 10.3. The molecule has 21 heavy (non-hydrogen) atoms. The van der Waals surface area contributed by atoms with Crippen molar-refractivity contribution in [3.05, 3.63) is 47.8 Å². The zero-order valence-electron chi connectivity index (χ0n) is 12.8. The third-order valence-electron chi connectivity index (χ3n) is 3.11. The van der Waals surface area contributed by atoms with Crippen LogP contribution in [0.4, 0.5) is 0 Å². The highest BCUT2D eigenvalue weighted by molar-refractivity contribution is 5.29. The van der Waals surface area contributed by atoms with E-state index in [0.29, 0.717) is 6.01 Å². The van der Waals surface area contributed by atoms with Crippen LogP contribution in [0.5, 0.6) is 11.8 Å². The quantitative estimate of drug-likeness (QED) is 0.751. The lowest BCUT2D eigenvalue weighted by atomic mass is 10.1. The van der Waals surface area contributed by atoms with E-state index in [2.05, 4.69) is 41.3 Å². The molecule has 0 fully saturated rings. The summed E-state index contributed by atoms with van der Waals surface area (Å²) in [4.78, 5) is 8.48. The second-order valence-electron chi connectivity index (χ2n) is 5.05. The van der Waals surface area contributed by atoms with Crippen LogP contribution in [-0.4, -0.2) is 16.5 Å². The van der Waals surface area contributed by atoms with Gasteiger partial charge in [-0.05, 0) is 37.1 Å². The van der Waals surface area contributed by atoms with Crippen LogP contribution in [0, 0.1) is 0 Å². The standard InChI is InChI=1S/C17H23N3O/c1-3-5-14-6-8-16(9-7-14)21-17-19-12-15(13-20-17)11-18-10-4-2/h6-9,12-13,18H,3-5,10-11H2,1-2H3. The fraction of sp³-hybridized carbons (Fsp3) is 0.412. The first-order valence-electron chi connectivity index (χ1n) is 7.60. The zero-order chi connectivity index (χ0) is 14.9. The van der Waals surface area contributed by atoms with Gasteiger partial charge in [0.15, 0.2) is 0 Å². The molecule has 0 aliphatic rings. The molecule has 0 saturated heterocycles. The minimum atomic E-state index is 0.387. The molecular weight excluding hydrogens is 262 g/mol. The molecule has 4 nitrogen and oxygen atoms in total. The van der Waals surface area contributed by atoms with Crippen molar-refractivity contribution < 1.29 is 4.74 Å². The number of nitrogens with one attached hydrogen (secondary N) is 1. The molecule has 2 rings (SSSR count). The number of hydrogen-bond acceptors (Lipinski definition) is 4. The summed E-state index contributed by atoms with van der Waals surface area (Å²) in [7, 11) is 0. The topological polar surface area (TPSA) is 47.0 Å². The summed E-state index contributed by atoms with van der Waals surface area (Å²) in [6.45, 7) is 6.11. The van der Waals surface area contributed by atoms with Crippen LogP contribution in [-0.2, 0) is 13.0 Å². The number of aromatic nitrogens is 2. The SMILES string of the molecule is CCCNCc1cnc(Oc2ccc(CCC)cc2)nc1. The van der Waals surface area contributed by atoms with Gasteiger partial charge in [-0.25, -0.2) is 9.97 Å². The van der Waals surface area contributed by atoms with Crippen molar-refractivity contribution in [1.82, 2.24) is 15.3 Å². The predicted octanol–water partition coefficient (Wildman–Crippen LogP) is 3.72. The van der Waals surface area contributed by atoms with E-state index in [-0.39, 0.29) is 0 Å². The molecule has 0 saturated carbocycles. The van der Waals surface area contributed by atoms with Crippen molar-refractivity contribution in [2.75, 3.05) is 6.54 Å². The molecule has 1 aromatic carbocycles. The van der Waals surface area contributed by atoms with E-state index < -0.39 is 0 Å². The molecule has 0 unspecified atom stereocenters. The Kier molecular flexibility index (Phi) is 6.16. The van der Waals surface area contributed by atoms with E-state index in [0.717, 1.165) is 43.7 Å². The van der Waals surface area contributed by atoms with Crippen LogP contribution < -0.4 is 10.1 Å². The molecule has 0 bridgehead atoms. The third kappa shape index (κ3) is 5.16. The van der Waals surface area contributed by atoms with Gasteiger partial charge in [-0.15, -0.1) is 0 Å². The number of hydrogen-bond donors (Lipinski definition) is 1. The summed E-state index contributed by atoms with van der Waals surface area (Å²) in [5.74, 6) is 0.770. The van der Waals surface area contributed by atoms with E-state index in [1.54, 1.807) is 12.4 Å². The highest BCUT2D eigenvalue weighted by atomic mass is 16.5. The molecule has 0 atom stereocenters. The van der Waals surface area contributed by atoms with Crippen molar-refractivity contribution >= 4 is 0 Å². The molecule has 4 heteroatoms. The maximum Gasteiger partial charge on any atom is 0.321 e. The highest BCUT2D eigenvalue weighted by Gasteiger charge is 2.01. The summed E-state index contributed by atoms with van der Waals surface area (Å²) in [5.41, 5.74) is 2.39. The van der Waals surface area contributed by atoms with Crippen molar-refractivity contribution in [3.63, 3.8) is 0 Å². The van der Waals surface area contributed by atoms with Gasteiger partial charge < -0.3 is 10.1 Å². The molecule has 0 spiro atoms. The minimum Gasteiger partial charge on any atom is -0.424 e. The molecule has 0 amide bonds. The van der Waals surface area contributed by atoms with Gasteiger partial charge in [0, 0.05) is 24.5 Å². The normalized spacial score (nSPS) is 10.6. The Balaban J connectivity index is 1.90. The third-order valence-corrected chi connectivity index (χ3v) is 3.11. The van der Waals surface area contributed by atoms with Crippen molar-refractivity contribution in [2.24, 2.45) is 0 Å². The van der Waals surface area contributed by atoms with Gasteiger partial charge in [-0.1, -0.05) is 32.4 Å². The molecule has 1 aromatic heterocycles. The summed E-state index contributed by atoms with van der Waals surface area (Å²) >= 11 is 0. The Labute approximate surface area is 126 Å². The predicted molar refractivity (Wildman–Crippen MR) is 84.5 cm³/mol. The van der Waals surface area contributed by atoms with E-state index in [1.165, 1.54) is 5.56 Å². The van der Waals surface area contributed by atoms with E-state index in [4.69, 9.17) is 4.74 Å². The van der Waals surface area contributed by atoms with Crippen molar-refractivity contribution in [3.8, 4) is 11.8 Å². The van der Waals surface area contributed by atoms with Crippen molar-refractivity contribution in [1.29, 1.82) is 0 Å². The molecule has 2 aromatic rings. The molecule has 1 heterocycles. The molecule has 1 N–H and O–H groups in total. The first kappa shape index (κ1) is 15.4. The van der Waals surface area contributed by atoms with Gasteiger partial charge in [0.25, 0.3) is 0 Å². The van der Waals surface area contributed by atoms with Gasteiger partial charge in [0.1, 0.15) is 5.75 Å². The van der Waals surface area contributed by atoms with Crippen molar-refractivity contribution in [2.45, 2.75) is 39.7 Å². The van der Waals surface area contributed by atoms with Crippen LogP contribution in [0.15, 0.2) is 36.7 Å². The monoisotopic (exact) mass is 285 g/mol. The summed E-state index contributed by atoms with van der Waals surface area (Å²) in [6, 6.07) is 8.48. The maximum atomic E-state index is 5.65. The number of rotatable bonds is 8. The second kappa shape index (κ2) is 8.37. The van der Waals surface area contributed by atoms with Crippen LogP contribution in [0.2, 0.25) is 0 Å². The van der Waals surface area contributed by atoms with Crippen LogP contribution in [0.25, 0.3) is 0 Å². The minimum absolute atomic E-state index is 0.387. The Bertz CT molecular complexity index is 523. The van der Waals surface area contributed by atoms with E-state index in [1.807, 2.05) is 12.1 Å². The Hall–Kier alpha value is -1.94. The van der Waals surface area contributed by atoms with Gasteiger partial charge >= 0.3 is 6.01 Å². The maximum absolute atomic E-state index is 5.65. The number of ether oxygens (including phenoxy) is 1. The summed E-state index contributed by atoms with van der Waals surface area (Å²) < 4.78 is 5.65. The Morgan fingerprint density at radius 3 is 2.29 bits per heavy atom. The number of aryl methyl sites for hydroxylation is 1. The van der Waals surface area contributed by atoms with Gasteiger partial charge in [0.05, 0.1) is 0 Å². The molecule has 0 radical (unpaired) electrons. The molecule has 0 aliphatic heterocycles. The lowest BCUT2D eigenvalue weighted by molar-refractivity contribution is 0.440. The summed E-state index contributed by atoms with van der Waals surface area (Å²) in [5, 5.41) is 3.32. The number of nitrogens with zero attached hydrogens (tertiary/aromatic N) is 2. The van der Waals surface area contributed by atoms with Gasteiger partial charge in [0.2, 0.25) is 0 Å². The fourth-order valence-corrected chi connectivity index (χ4v) is 2.01. The van der Waals surface area contributed by atoms with E-state index in [9.17, 15) is 0 Å². The van der Waals surface area contributed by atoms with Gasteiger partial charge in [-0.3, -0.25) is 0 Å². The van der Waals surface area contributed by atoms with Crippen LogP contribution >= 0.6 is 0 Å². The Morgan fingerprint density at radius 2 is 1.67 bits per heavy atom. The van der Waals surface area contributed by atoms with E-state index >= 15 is 0 Å².